The Balaban J connectivity index is 1.49. The summed E-state index contributed by atoms with van der Waals surface area (Å²) in [4.78, 5) is 46.4. The van der Waals surface area contributed by atoms with Crippen LogP contribution in [0, 0.1) is 33.5 Å². The quantitative estimate of drug-likeness (QED) is 0.188. The van der Waals surface area contributed by atoms with Crippen LogP contribution in [0.15, 0.2) is 0 Å². The summed E-state index contributed by atoms with van der Waals surface area (Å²) < 4.78 is 0. The molecule has 4 saturated heterocycles. The first-order chi connectivity index (χ1) is 24.8. The van der Waals surface area contributed by atoms with Crippen molar-refractivity contribution in [2.24, 2.45) is 33.5 Å². The number of halogens is 1. The molecular weight excluding hydrogens is 710 g/mol. The van der Waals surface area contributed by atoms with Gasteiger partial charge < -0.3 is 31.1 Å². The van der Waals surface area contributed by atoms with Crippen molar-refractivity contribution in [3.8, 4) is 0 Å². The van der Waals surface area contributed by atoms with E-state index in [2.05, 4.69) is 152 Å². The second-order valence-corrected chi connectivity index (χ2v) is 24.0. The minimum atomic E-state index is -0.445. The van der Waals surface area contributed by atoms with E-state index in [4.69, 9.17) is 16.6 Å². The van der Waals surface area contributed by atoms with Crippen molar-refractivity contribution in [2.45, 2.75) is 184 Å². The van der Waals surface area contributed by atoms with Crippen molar-refractivity contribution >= 4 is 35.3 Å². The first-order valence-electron chi connectivity index (χ1n) is 20.9. The molecule has 0 aromatic carbocycles. The Labute approximate surface area is 338 Å². The Morgan fingerprint density at radius 3 is 1.20 bits per heavy atom. The van der Waals surface area contributed by atoms with Crippen molar-refractivity contribution < 1.29 is 9.59 Å². The molecule has 55 heavy (non-hydrogen) atoms. The first kappa shape index (κ1) is 43.9. The number of aromatic nitrogens is 3. The van der Waals surface area contributed by atoms with Gasteiger partial charge in [0.15, 0.2) is 0 Å². The molecule has 4 aliphatic heterocycles. The maximum atomic E-state index is 14.0. The molecule has 5 heterocycles. The highest BCUT2D eigenvalue weighted by Gasteiger charge is 2.49. The predicted octanol–water partition coefficient (Wildman–Crippen LogP) is 7.77. The predicted molar refractivity (Wildman–Crippen MR) is 225 cm³/mol. The van der Waals surface area contributed by atoms with E-state index in [0.29, 0.717) is 38.1 Å². The summed E-state index contributed by atoms with van der Waals surface area (Å²) in [6.07, 6.45) is 5.39. The zero-order valence-corrected chi connectivity index (χ0v) is 38.1. The third-order valence-corrected chi connectivity index (χ3v) is 12.6. The number of nitrogens with one attached hydrogen (secondary N) is 4. The molecule has 0 spiro atoms. The molecule has 0 bridgehead atoms. The largest absolute Gasteiger partial charge is 0.349 e. The van der Waals surface area contributed by atoms with Crippen LogP contribution in [0.25, 0.3) is 0 Å². The van der Waals surface area contributed by atoms with Crippen LogP contribution in [0.2, 0.25) is 5.28 Å². The van der Waals surface area contributed by atoms with Crippen molar-refractivity contribution in [3.05, 3.63) is 5.28 Å². The van der Waals surface area contributed by atoms with Gasteiger partial charge in [-0.25, -0.2) is 0 Å². The summed E-state index contributed by atoms with van der Waals surface area (Å²) in [6, 6.07) is -0.254. The normalized spacial score (nSPS) is 28.0. The van der Waals surface area contributed by atoms with Crippen molar-refractivity contribution in [3.63, 3.8) is 0 Å². The molecule has 0 radical (unpaired) electrons. The molecule has 4 fully saturated rings. The lowest BCUT2D eigenvalue weighted by atomic mass is 9.69. The van der Waals surface area contributed by atoms with Gasteiger partial charge in [-0.3, -0.25) is 9.59 Å². The Hall–Kier alpha value is -2.24. The summed E-state index contributed by atoms with van der Waals surface area (Å²) in [6.45, 7) is 37.9. The molecule has 312 valence electrons. The number of rotatable bonds is 10. The summed E-state index contributed by atoms with van der Waals surface area (Å²) >= 11 is 6.76. The Bertz CT molecular complexity index is 1460. The maximum Gasteiger partial charge on any atom is 0.229 e. The van der Waals surface area contributed by atoms with Crippen LogP contribution in [0.1, 0.15) is 149 Å². The highest BCUT2D eigenvalue weighted by molar-refractivity contribution is 6.28. The minimum Gasteiger partial charge on any atom is -0.349 e. The van der Waals surface area contributed by atoms with Gasteiger partial charge in [-0.05, 0) is 128 Å². The number of hydrogen-bond acceptors (Lipinski definition) is 9. The Morgan fingerprint density at radius 1 is 0.582 bits per heavy atom. The number of carbonyl (C=O) groups excluding carboxylic acids is 2. The second kappa shape index (κ2) is 14.5. The Kier molecular flexibility index (Phi) is 11.6. The number of amides is 2. The molecule has 0 aliphatic carbocycles. The van der Waals surface area contributed by atoms with Gasteiger partial charge in [-0.2, -0.15) is 15.0 Å². The third kappa shape index (κ3) is 11.0. The van der Waals surface area contributed by atoms with Crippen LogP contribution in [0.3, 0.4) is 0 Å². The molecular formula is C43H76ClN9O2. The minimum absolute atomic E-state index is 0.00482. The average Bonchev–Trinajstić information content (AvgIpc) is 2.92. The van der Waals surface area contributed by atoms with Gasteiger partial charge in [0.25, 0.3) is 0 Å². The van der Waals surface area contributed by atoms with Gasteiger partial charge in [0.05, 0.1) is 0 Å². The highest BCUT2D eigenvalue weighted by Crippen LogP contribution is 2.44. The highest BCUT2D eigenvalue weighted by atomic mass is 35.5. The van der Waals surface area contributed by atoms with Gasteiger partial charge in [0, 0.05) is 71.2 Å². The standard InChI is InChI=1S/C43H76ClN9O2/c1-36(2)23-38(5,6)31(54)52(25-36)21-29(27-17-40(9,10)50-41(11,12)18-27)45-34-47-33(44)48-35(49-34)46-30(28-19-42(13,14)51-43(15,16)20-28)22-53-26-37(3,4)24-39(7,8)32(53)55/h27-30,50-51H,17-26H2,1-16H3,(H2,45,46,47,48,49). The topological polar surface area (TPSA) is 127 Å². The maximum absolute atomic E-state index is 14.0. The van der Waals surface area contributed by atoms with E-state index < -0.39 is 10.8 Å². The van der Waals surface area contributed by atoms with E-state index in [0.717, 1.165) is 38.5 Å². The molecule has 1 aromatic rings. The number of hydrogen-bond donors (Lipinski definition) is 4. The molecule has 11 nitrogen and oxygen atoms in total. The van der Waals surface area contributed by atoms with Crippen LogP contribution in [-0.4, -0.2) is 97.0 Å². The van der Waals surface area contributed by atoms with Gasteiger partial charge in [0.1, 0.15) is 0 Å². The molecule has 5 rings (SSSR count). The number of anilines is 2. The number of piperidine rings is 4. The van der Waals surface area contributed by atoms with Crippen LogP contribution in [-0.2, 0) is 9.59 Å². The van der Waals surface area contributed by atoms with Crippen LogP contribution in [0.4, 0.5) is 11.9 Å². The molecule has 1 aromatic heterocycles. The summed E-state index contributed by atoms with van der Waals surface area (Å²) in [7, 11) is 0. The van der Waals surface area contributed by atoms with E-state index in [9.17, 15) is 9.59 Å². The number of carbonyl (C=O) groups is 2. The van der Waals surface area contributed by atoms with Crippen LogP contribution >= 0.6 is 11.6 Å². The molecule has 2 amide bonds. The Morgan fingerprint density at radius 2 is 0.891 bits per heavy atom. The molecule has 0 saturated carbocycles. The average molecular weight is 787 g/mol. The van der Waals surface area contributed by atoms with Gasteiger partial charge >= 0.3 is 0 Å². The van der Waals surface area contributed by atoms with Gasteiger partial charge in [-0.15, -0.1) is 0 Å². The van der Waals surface area contributed by atoms with E-state index in [-0.39, 0.29) is 74.0 Å². The van der Waals surface area contributed by atoms with E-state index in [1.165, 1.54) is 0 Å². The monoisotopic (exact) mass is 786 g/mol. The summed E-state index contributed by atoms with van der Waals surface area (Å²) in [5.74, 6) is 1.62. The molecule has 12 heteroatoms. The smallest absolute Gasteiger partial charge is 0.229 e. The van der Waals surface area contributed by atoms with Crippen molar-refractivity contribution in [1.82, 2.24) is 35.4 Å². The molecule has 2 atom stereocenters. The number of nitrogens with zero attached hydrogens (tertiary/aromatic N) is 5. The lowest BCUT2D eigenvalue weighted by Crippen LogP contribution is -2.62. The fraction of sp³-hybridized carbons (Fsp3) is 0.884. The molecule has 2 unspecified atom stereocenters. The fourth-order valence-electron chi connectivity index (χ4n) is 12.3. The van der Waals surface area contributed by atoms with Gasteiger partial charge in [0.2, 0.25) is 29.0 Å². The van der Waals surface area contributed by atoms with Crippen LogP contribution in [0.5, 0.6) is 0 Å². The van der Waals surface area contributed by atoms with Gasteiger partial charge in [-0.1, -0.05) is 55.4 Å². The summed E-state index contributed by atoms with van der Waals surface area (Å²) in [5, 5.41) is 15.2. The molecule has 4 aliphatic rings. The van der Waals surface area contributed by atoms with Crippen molar-refractivity contribution in [1.29, 1.82) is 0 Å². The first-order valence-corrected chi connectivity index (χ1v) is 21.3. The van der Waals surface area contributed by atoms with E-state index >= 15 is 0 Å². The SMILES string of the molecule is CC1(C)CN(CC(Nc2nc(Cl)nc(NC(CN3CC(C)(C)CC(C)(C)C3=O)C3CC(C)(C)NC(C)(C)C3)n2)C2CC(C)(C)NC(C)(C)C2)C(=O)C(C)(C)C1. The molecule has 4 N–H and O–H groups in total. The van der Waals surface area contributed by atoms with E-state index in [1.54, 1.807) is 0 Å². The lowest BCUT2D eigenvalue weighted by molar-refractivity contribution is -0.150. The fourth-order valence-corrected chi connectivity index (χ4v) is 12.4. The zero-order chi connectivity index (χ0) is 41.4. The lowest BCUT2D eigenvalue weighted by Gasteiger charge is -2.51. The van der Waals surface area contributed by atoms with Crippen LogP contribution < -0.4 is 21.3 Å². The summed E-state index contributed by atoms with van der Waals surface area (Å²) in [5.41, 5.74) is -1.29. The second-order valence-electron chi connectivity index (χ2n) is 23.7. The zero-order valence-electron chi connectivity index (χ0n) is 37.3. The van der Waals surface area contributed by atoms with E-state index in [1.807, 2.05) is 0 Å². The van der Waals surface area contributed by atoms with Crippen molar-refractivity contribution in [2.75, 3.05) is 36.8 Å². The third-order valence-electron chi connectivity index (χ3n) is 12.5. The number of likely N-dealkylation sites (tertiary alicyclic amines) is 2.